The van der Waals surface area contributed by atoms with Gasteiger partial charge in [0.25, 0.3) is 0 Å². The van der Waals surface area contributed by atoms with Crippen LogP contribution in [0.3, 0.4) is 0 Å². The maximum absolute atomic E-state index is 11.8. The Balaban J connectivity index is 2.94. The molecule has 0 aliphatic carbocycles. The van der Waals surface area contributed by atoms with Crippen LogP contribution in [-0.2, 0) is 28.5 Å². The quantitative estimate of drug-likeness (QED) is 0.245. The van der Waals surface area contributed by atoms with Crippen molar-refractivity contribution >= 4 is 6.29 Å². The number of carbonyl (C=O) groups excluding carboxylic acids is 1. The summed E-state index contributed by atoms with van der Waals surface area (Å²) < 4.78 is 30.5. The molecule has 1 aliphatic rings. The molecule has 5 unspecified atom stereocenters. The molecule has 1 rings (SSSR count). The van der Waals surface area contributed by atoms with Gasteiger partial charge < -0.3 is 28.5 Å². The zero-order chi connectivity index (χ0) is 21.3. The van der Waals surface area contributed by atoms with E-state index in [9.17, 15) is 4.79 Å². The van der Waals surface area contributed by atoms with Gasteiger partial charge in [0.05, 0.1) is 6.61 Å². The van der Waals surface area contributed by atoms with E-state index >= 15 is 0 Å². The molecule has 0 bridgehead atoms. The average molecular weight is 417 g/mol. The molecule has 29 heavy (non-hydrogen) atoms. The van der Waals surface area contributed by atoms with Gasteiger partial charge in [0.1, 0.15) is 30.5 Å². The third-order valence-corrected chi connectivity index (χ3v) is 5.15. The molecule has 0 amide bonds. The largest absolute Gasteiger partial charge is 0.379 e. The molecule has 0 saturated carbocycles. The second-order valence-electron chi connectivity index (χ2n) is 7.77. The Morgan fingerprint density at radius 3 is 1.69 bits per heavy atom. The van der Waals surface area contributed by atoms with Crippen LogP contribution in [0.15, 0.2) is 0 Å². The molecule has 0 aromatic heterocycles. The summed E-state index contributed by atoms with van der Waals surface area (Å²) >= 11 is 0. The van der Waals surface area contributed by atoms with Crippen LogP contribution in [0.1, 0.15) is 79.1 Å². The van der Waals surface area contributed by atoms with Crippen LogP contribution < -0.4 is 0 Å². The van der Waals surface area contributed by atoms with Gasteiger partial charge in [0.15, 0.2) is 6.29 Å². The number of carbonyl (C=O) groups is 1. The summed E-state index contributed by atoms with van der Waals surface area (Å²) in [4.78, 5) is 11.8. The minimum absolute atomic E-state index is 0.303. The van der Waals surface area contributed by atoms with Crippen molar-refractivity contribution in [2.75, 3.05) is 33.0 Å². The molecule has 0 aromatic carbocycles. The molecule has 6 heteroatoms. The van der Waals surface area contributed by atoms with Crippen LogP contribution in [0.25, 0.3) is 0 Å². The number of ether oxygens (including phenoxy) is 5. The molecule has 5 atom stereocenters. The van der Waals surface area contributed by atoms with Gasteiger partial charge in [-0.15, -0.1) is 0 Å². The maximum atomic E-state index is 11.8. The lowest BCUT2D eigenvalue weighted by Gasteiger charge is -2.44. The van der Waals surface area contributed by atoms with Crippen molar-refractivity contribution in [3.8, 4) is 0 Å². The summed E-state index contributed by atoms with van der Waals surface area (Å²) in [6.45, 7) is 11.5. The van der Waals surface area contributed by atoms with E-state index in [1.54, 1.807) is 0 Å². The summed E-state index contributed by atoms with van der Waals surface area (Å²) in [5.74, 6) is 0. The summed E-state index contributed by atoms with van der Waals surface area (Å²) in [5.41, 5.74) is 0. The molecule has 0 spiro atoms. The highest BCUT2D eigenvalue weighted by Gasteiger charge is 2.48. The Labute approximate surface area is 177 Å². The van der Waals surface area contributed by atoms with E-state index in [0.29, 0.717) is 33.0 Å². The highest BCUT2D eigenvalue weighted by molar-refractivity contribution is 5.58. The van der Waals surface area contributed by atoms with Crippen LogP contribution in [0.4, 0.5) is 0 Å². The number of aldehydes is 1. The van der Waals surface area contributed by atoms with Crippen LogP contribution in [-0.4, -0.2) is 69.8 Å². The molecule has 0 radical (unpaired) electrons. The van der Waals surface area contributed by atoms with Gasteiger partial charge in [0.2, 0.25) is 0 Å². The lowest BCUT2D eigenvalue weighted by Crippen LogP contribution is -2.62. The fourth-order valence-electron chi connectivity index (χ4n) is 3.30. The first kappa shape index (κ1) is 26.5. The van der Waals surface area contributed by atoms with Crippen molar-refractivity contribution in [2.24, 2.45) is 0 Å². The summed E-state index contributed by atoms with van der Waals surface area (Å²) in [7, 11) is 0. The molecule has 1 saturated heterocycles. The van der Waals surface area contributed by atoms with E-state index in [2.05, 4.69) is 27.7 Å². The van der Waals surface area contributed by atoms with Crippen molar-refractivity contribution < 1.29 is 28.5 Å². The molecule has 0 N–H and O–H groups in total. The van der Waals surface area contributed by atoms with Gasteiger partial charge in [-0.2, -0.15) is 0 Å². The summed E-state index contributed by atoms with van der Waals surface area (Å²) in [6, 6.07) is 0. The van der Waals surface area contributed by atoms with E-state index in [-0.39, 0.29) is 18.3 Å². The van der Waals surface area contributed by atoms with Gasteiger partial charge in [-0.1, -0.05) is 53.4 Å². The number of hydrogen-bond acceptors (Lipinski definition) is 6. The Kier molecular flexibility index (Phi) is 15.7. The van der Waals surface area contributed by atoms with Gasteiger partial charge >= 0.3 is 0 Å². The van der Waals surface area contributed by atoms with Crippen LogP contribution >= 0.6 is 0 Å². The fourth-order valence-corrected chi connectivity index (χ4v) is 3.30. The Morgan fingerprint density at radius 2 is 1.17 bits per heavy atom. The van der Waals surface area contributed by atoms with E-state index in [1.165, 1.54) is 0 Å². The Morgan fingerprint density at radius 1 is 0.690 bits per heavy atom. The monoisotopic (exact) mass is 416 g/mol. The Hall–Kier alpha value is -0.530. The standard InChI is InChI=1S/C23H44O6/c1-5-9-13-25-18-20-22(27-15-11-7-3)23(28-16-12-8-4)21(19(17-24)29-20)26-14-10-6-2/h17,19-23H,5-16,18H2,1-4H3. The average Bonchev–Trinajstić information content (AvgIpc) is 2.73. The third-order valence-electron chi connectivity index (χ3n) is 5.15. The molecule has 1 heterocycles. The molecule has 6 nitrogen and oxygen atoms in total. The van der Waals surface area contributed by atoms with Crippen molar-refractivity contribution in [1.82, 2.24) is 0 Å². The van der Waals surface area contributed by atoms with E-state index in [1.807, 2.05) is 0 Å². The fraction of sp³-hybridized carbons (Fsp3) is 0.957. The zero-order valence-electron chi connectivity index (χ0n) is 19.1. The summed E-state index contributed by atoms with van der Waals surface area (Å²) in [6.07, 6.45) is 6.85. The third kappa shape index (κ3) is 9.88. The van der Waals surface area contributed by atoms with Crippen LogP contribution in [0.2, 0.25) is 0 Å². The van der Waals surface area contributed by atoms with Gasteiger partial charge in [0, 0.05) is 26.4 Å². The first-order chi connectivity index (χ1) is 14.2. The molecular formula is C23H44O6. The number of hydrogen-bond donors (Lipinski definition) is 0. The smallest absolute Gasteiger partial charge is 0.151 e. The molecular weight excluding hydrogens is 372 g/mol. The van der Waals surface area contributed by atoms with E-state index < -0.39 is 12.2 Å². The molecule has 1 aliphatic heterocycles. The van der Waals surface area contributed by atoms with Gasteiger partial charge in [-0.3, -0.25) is 0 Å². The van der Waals surface area contributed by atoms with E-state index in [4.69, 9.17) is 23.7 Å². The first-order valence-corrected chi connectivity index (χ1v) is 11.8. The predicted molar refractivity (Wildman–Crippen MR) is 114 cm³/mol. The highest BCUT2D eigenvalue weighted by atomic mass is 16.6. The lowest BCUT2D eigenvalue weighted by atomic mass is 9.94. The number of unbranched alkanes of at least 4 members (excludes halogenated alkanes) is 4. The van der Waals surface area contributed by atoms with Crippen LogP contribution in [0, 0.1) is 0 Å². The lowest BCUT2D eigenvalue weighted by molar-refractivity contribution is -0.258. The van der Waals surface area contributed by atoms with Gasteiger partial charge in [-0.25, -0.2) is 0 Å². The summed E-state index contributed by atoms with van der Waals surface area (Å²) in [5, 5.41) is 0. The topological polar surface area (TPSA) is 63.2 Å². The minimum atomic E-state index is -0.663. The van der Waals surface area contributed by atoms with Crippen molar-refractivity contribution in [2.45, 2.75) is 110 Å². The SMILES string of the molecule is CCCCOCC1OC(C=O)C(OCCCC)C(OCCCC)C1OCCCC. The zero-order valence-corrected chi connectivity index (χ0v) is 19.1. The maximum Gasteiger partial charge on any atom is 0.151 e. The van der Waals surface area contributed by atoms with Gasteiger partial charge in [-0.05, 0) is 25.7 Å². The highest BCUT2D eigenvalue weighted by Crippen LogP contribution is 2.28. The van der Waals surface area contributed by atoms with Crippen molar-refractivity contribution in [3.05, 3.63) is 0 Å². The molecule has 172 valence electrons. The predicted octanol–water partition coefficient (Wildman–Crippen LogP) is 4.33. The van der Waals surface area contributed by atoms with E-state index in [0.717, 1.165) is 57.7 Å². The number of rotatable bonds is 18. The van der Waals surface area contributed by atoms with Crippen molar-refractivity contribution in [1.29, 1.82) is 0 Å². The second-order valence-corrected chi connectivity index (χ2v) is 7.77. The molecule has 1 fully saturated rings. The minimum Gasteiger partial charge on any atom is -0.379 e. The molecule has 0 aromatic rings. The normalized spacial score (nSPS) is 27.2. The van der Waals surface area contributed by atoms with Crippen molar-refractivity contribution in [3.63, 3.8) is 0 Å². The Bertz CT molecular complexity index is 392. The second kappa shape index (κ2) is 17.2. The first-order valence-electron chi connectivity index (χ1n) is 11.8. The van der Waals surface area contributed by atoms with Crippen LogP contribution in [0.5, 0.6) is 0 Å².